The lowest BCUT2D eigenvalue weighted by Gasteiger charge is -2.10. The van der Waals surface area contributed by atoms with Crippen molar-refractivity contribution in [2.24, 2.45) is 0 Å². The third-order valence-electron chi connectivity index (χ3n) is 5.99. The molecule has 33 heavy (non-hydrogen) atoms. The molecule has 0 spiro atoms. The third-order valence-corrected chi connectivity index (χ3v) is 5.99. The second-order valence-corrected chi connectivity index (χ2v) is 8.21. The Morgan fingerprint density at radius 2 is 1.67 bits per heavy atom. The summed E-state index contributed by atoms with van der Waals surface area (Å²) in [6.07, 6.45) is 0.843. The maximum Gasteiger partial charge on any atom is 0.310 e. The van der Waals surface area contributed by atoms with E-state index in [1.165, 1.54) is 12.1 Å². The van der Waals surface area contributed by atoms with Gasteiger partial charge in [-0.05, 0) is 60.4 Å². The molecule has 4 nitrogen and oxygen atoms in total. The zero-order valence-corrected chi connectivity index (χ0v) is 18.8. The number of fused-ring (bicyclic) bond motifs is 1. The van der Waals surface area contributed by atoms with E-state index in [1.54, 1.807) is 12.1 Å². The fourth-order valence-electron chi connectivity index (χ4n) is 4.20. The molecule has 0 saturated carbocycles. The SMILES string of the molecule is Cc1cc(C(=O)COC(=O)Cc2cccc3ccccc23)c(C)n1CCc1ccc(F)cc1. The summed E-state index contributed by atoms with van der Waals surface area (Å²) >= 11 is 0. The van der Waals surface area contributed by atoms with Crippen LogP contribution in [0.5, 0.6) is 0 Å². The number of carbonyl (C=O) groups is 2. The van der Waals surface area contributed by atoms with Crippen LogP contribution in [-0.2, 0) is 28.9 Å². The van der Waals surface area contributed by atoms with Gasteiger partial charge in [0.15, 0.2) is 6.61 Å². The first-order chi connectivity index (χ1) is 15.9. The van der Waals surface area contributed by atoms with Crippen molar-refractivity contribution in [2.75, 3.05) is 6.61 Å². The van der Waals surface area contributed by atoms with Gasteiger partial charge in [0.25, 0.3) is 0 Å². The highest BCUT2D eigenvalue weighted by Crippen LogP contribution is 2.20. The van der Waals surface area contributed by atoms with E-state index in [1.807, 2.05) is 62.4 Å². The molecule has 3 aromatic carbocycles. The molecule has 1 aromatic heterocycles. The van der Waals surface area contributed by atoms with Gasteiger partial charge in [-0.15, -0.1) is 0 Å². The molecular weight excluding hydrogens is 417 g/mol. The average Bonchev–Trinajstić information content (AvgIpc) is 3.10. The number of esters is 1. The van der Waals surface area contributed by atoms with Gasteiger partial charge in [0.2, 0.25) is 5.78 Å². The third kappa shape index (κ3) is 5.20. The highest BCUT2D eigenvalue weighted by Gasteiger charge is 2.18. The lowest BCUT2D eigenvalue weighted by Crippen LogP contribution is -2.16. The van der Waals surface area contributed by atoms with Gasteiger partial charge >= 0.3 is 5.97 Å². The Balaban J connectivity index is 1.37. The summed E-state index contributed by atoms with van der Waals surface area (Å²) in [4.78, 5) is 25.2. The first-order valence-electron chi connectivity index (χ1n) is 11.0. The van der Waals surface area contributed by atoms with Crippen LogP contribution in [0.3, 0.4) is 0 Å². The van der Waals surface area contributed by atoms with Crippen molar-refractivity contribution in [3.8, 4) is 0 Å². The summed E-state index contributed by atoms with van der Waals surface area (Å²) in [5, 5.41) is 2.07. The van der Waals surface area contributed by atoms with Crippen molar-refractivity contribution < 1.29 is 18.7 Å². The first-order valence-corrected chi connectivity index (χ1v) is 11.0. The van der Waals surface area contributed by atoms with Gasteiger partial charge < -0.3 is 9.30 Å². The minimum atomic E-state index is -0.426. The second kappa shape index (κ2) is 9.82. The second-order valence-electron chi connectivity index (χ2n) is 8.21. The molecule has 0 aliphatic rings. The number of ether oxygens (including phenoxy) is 1. The van der Waals surface area contributed by atoms with E-state index in [0.29, 0.717) is 12.1 Å². The minimum Gasteiger partial charge on any atom is -0.457 e. The van der Waals surface area contributed by atoms with Gasteiger partial charge in [0.05, 0.1) is 6.42 Å². The van der Waals surface area contributed by atoms with Crippen LogP contribution in [0.25, 0.3) is 10.8 Å². The van der Waals surface area contributed by atoms with Crippen LogP contribution in [-0.4, -0.2) is 22.9 Å². The molecule has 0 unspecified atom stereocenters. The molecule has 0 aliphatic carbocycles. The van der Waals surface area contributed by atoms with Gasteiger partial charge in [0, 0.05) is 23.5 Å². The fourth-order valence-corrected chi connectivity index (χ4v) is 4.20. The topological polar surface area (TPSA) is 48.3 Å². The number of Topliss-reactive ketones (excluding diaryl/α,β-unsaturated/α-hetero) is 1. The number of aryl methyl sites for hydroxylation is 2. The molecule has 168 valence electrons. The molecule has 4 aromatic rings. The smallest absolute Gasteiger partial charge is 0.310 e. The quantitative estimate of drug-likeness (QED) is 0.263. The monoisotopic (exact) mass is 443 g/mol. The number of hydrogen-bond donors (Lipinski definition) is 0. The predicted molar refractivity (Wildman–Crippen MR) is 127 cm³/mol. The number of hydrogen-bond acceptors (Lipinski definition) is 3. The Bertz CT molecular complexity index is 1300. The van der Waals surface area contributed by atoms with Crippen LogP contribution in [0, 0.1) is 19.7 Å². The Hall–Kier alpha value is -3.73. The van der Waals surface area contributed by atoms with Crippen LogP contribution in [0.1, 0.15) is 32.9 Å². The summed E-state index contributed by atoms with van der Waals surface area (Å²) in [7, 11) is 0. The fraction of sp³-hybridized carbons (Fsp3) is 0.214. The Morgan fingerprint density at radius 3 is 2.45 bits per heavy atom. The number of ketones is 1. The number of halogens is 1. The molecule has 0 atom stereocenters. The maximum atomic E-state index is 13.1. The standard InChI is InChI=1S/C28H26FNO3/c1-19-16-26(20(2)30(19)15-14-21-10-12-24(29)13-11-21)27(31)18-33-28(32)17-23-8-5-7-22-6-3-4-9-25(22)23/h3-13,16H,14-15,17-18H2,1-2H3. The van der Waals surface area contributed by atoms with E-state index < -0.39 is 5.97 Å². The lowest BCUT2D eigenvalue weighted by molar-refractivity contribution is -0.141. The molecular formula is C28H26FNO3. The van der Waals surface area contributed by atoms with Gasteiger partial charge in [-0.25, -0.2) is 4.39 Å². The summed E-state index contributed by atoms with van der Waals surface area (Å²) in [5.74, 6) is -0.901. The van der Waals surface area contributed by atoms with Crippen molar-refractivity contribution in [3.63, 3.8) is 0 Å². The Kier molecular flexibility index (Phi) is 6.68. The van der Waals surface area contributed by atoms with E-state index in [9.17, 15) is 14.0 Å². The highest BCUT2D eigenvalue weighted by atomic mass is 19.1. The summed E-state index contributed by atoms with van der Waals surface area (Å²) in [5.41, 5.74) is 4.26. The minimum absolute atomic E-state index is 0.116. The van der Waals surface area contributed by atoms with Crippen molar-refractivity contribution in [1.29, 1.82) is 0 Å². The van der Waals surface area contributed by atoms with Gasteiger partial charge in [-0.2, -0.15) is 0 Å². The molecule has 0 fully saturated rings. The zero-order chi connectivity index (χ0) is 23.4. The van der Waals surface area contributed by atoms with Crippen molar-refractivity contribution in [2.45, 2.75) is 33.2 Å². The van der Waals surface area contributed by atoms with Crippen molar-refractivity contribution >= 4 is 22.5 Å². The molecule has 0 saturated heterocycles. The summed E-state index contributed by atoms with van der Waals surface area (Å²) < 4.78 is 20.5. The van der Waals surface area contributed by atoms with E-state index in [4.69, 9.17) is 4.74 Å². The first kappa shape index (κ1) is 22.5. The molecule has 5 heteroatoms. The summed E-state index contributed by atoms with van der Waals surface area (Å²) in [6, 6.07) is 22.0. The van der Waals surface area contributed by atoms with Gasteiger partial charge in [0.1, 0.15) is 5.82 Å². The van der Waals surface area contributed by atoms with Crippen LogP contribution < -0.4 is 0 Å². The molecule has 0 aliphatic heterocycles. The van der Waals surface area contributed by atoms with E-state index in [0.717, 1.165) is 39.7 Å². The van der Waals surface area contributed by atoms with Crippen molar-refractivity contribution in [3.05, 3.63) is 107 Å². The highest BCUT2D eigenvalue weighted by molar-refractivity contribution is 5.99. The number of rotatable bonds is 8. The molecule has 0 N–H and O–H groups in total. The molecule has 1 heterocycles. The Labute approximate surface area is 192 Å². The maximum absolute atomic E-state index is 13.1. The van der Waals surface area contributed by atoms with Gasteiger partial charge in [-0.3, -0.25) is 9.59 Å². The van der Waals surface area contributed by atoms with Crippen molar-refractivity contribution in [1.82, 2.24) is 4.57 Å². The lowest BCUT2D eigenvalue weighted by atomic mass is 10.0. The molecule has 0 amide bonds. The summed E-state index contributed by atoms with van der Waals surface area (Å²) in [6.45, 7) is 4.23. The average molecular weight is 444 g/mol. The zero-order valence-electron chi connectivity index (χ0n) is 18.8. The van der Waals surface area contributed by atoms with Crippen LogP contribution in [0.4, 0.5) is 4.39 Å². The number of carbonyl (C=O) groups excluding carboxylic acids is 2. The molecule has 0 radical (unpaired) electrons. The Morgan fingerprint density at radius 1 is 0.939 bits per heavy atom. The van der Waals surface area contributed by atoms with Crippen LogP contribution >= 0.6 is 0 Å². The largest absolute Gasteiger partial charge is 0.457 e. The van der Waals surface area contributed by atoms with E-state index in [-0.39, 0.29) is 24.6 Å². The number of benzene rings is 3. The van der Waals surface area contributed by atoms with E-state index >= 15 is 0 Å². The van der Waals surface area contributed by atoms with E-state index in [2.05, 4.69) is 4.57 Å². The number of nitrogens with zero attached hydrogens (tertiary/aromatic N) is 1. The normalized spacial score (nSPS) is 11.0. The molecule has 0 bridgehead atoms. The molecule has 4 rings (SSSR count). The predicted octanol–water partition coefficient (Wildman–Crippen LogP) is 5.61. The number of aromatic nitrogens is 1. The van der Waals surface area contributed by atoms with Crippen LogP contribution in [0.15, 0.2) is 72.8 Å². The van der Waals surface area contributed by atoms with Gasteiger partial charge in [-0.1, -0.05) is 54.6 Å². The van der Waals surface area contributed by atoms with Crippen LogP contribution in [0.2, 0.25) is 0 Å².